The Morgan fingerprint density at radius 3 is 2.23 bits per heavy atom. The third-order valence-corrected chi connectivity index (χ3v) is 4.28. The number of hydrogen-bond donors (Lipinski definition) is 1. The maximum Gasteiger partial charge on any atom is 0.238 e. The number of anilines is 1. The molecule has 0 bridgehead atoms. The molecule has 0 saturated carbocycles. The van der Waals surface area contributed by atoms with Crippen LogP contribution in [-0.4, -0.2) is 48.0 Å². The van der Waals surface area contributed by atoms with E-state index in [-0.39, 0.29) is 18.2 Å². The Balaban J connectivity index is 2.19. The number of nitrogens with one attached hydrogen (secondary N) is 1. The maximum absolute atomic E-state index is 12.8. The highest BCUT2D eigenvalue weighted by molar-refractivity contribution is 6.31. The molecule has 0 spiro atoms. The van der Waals surface area contributed by atoms with Gasteiger partial charge in [0.2, 0.25) is 5.91 Å². The summed E-state index contributed by atoms with van der Waals surface area (Å²) in [5.41, 5.74) is 1.29. The molecule has 0 atom stereocenters. The maximum atomic E-state index is 12.8. The summed E-state index contributed by atoms with van der Waals surface area (Å²) in [5, 5.41) is 3.21. The molecule has 1 N–H and O–H groups in total. The van der Waals surface area contributed by atoms with Crippen molar-refractivity contribution < 1.29 is 9.59 Å². The average Bonchev–Trinajstić information content (AvgIpc) is 2.63. The largest absolute Gasteiger partial charge is 0.324 e. The topological polar surface area (TPSA) is 49.4 Å². The second kappa shape index (κ2) is 10.5. The van der Waals surface area contributed by atoms with E-state index in [4.69, 9.17) is 34.8 Å². The van der Waals surface area contributed by atoms with E-state index >= 15 is 0 Å². The summed E-state index contributed by atoms with van der Waals surface area (Å²) < 4.78 is 0. The zero-order valence-electron chi connectivity index (χ0n) is 14.1. The number of nitrogens with zero attached hydrogens (tertiary/aromatic N) is 1. The standard InChI is InChI=1S/C19H19Cl3N2O2/c20-8-10-24(11-9-21)13-18(25)23-17-7-6-15(22)12-16(17)19(26)14-4-2-1-3-5-14/h1-7,12H,8-11,13H2,(H,23,25). The zero-order valence-corrected chi connectivity index (χ0v) is 16.3. The number of benzene rings is 2. The van der Waals surface area contributed by atoms with Gasteiger partial charge in [-0.05, 0) is 18.2 Å². The second-order valence-electron chi connectivity index (χ2n) is 5.59. The first kappa shape index (κ1) is 20.7. The van der Waals surface area contributed by atoms with Gasteiger partial charge in [-0.3, -0.25) is 14.5 Å². The number of alkyl halides is 2. The molecule has 0 radical (unpaired) electrons. The molecule has 2 rings (SSSR count). The molecule has 138 valence electrons. The number of rotatable bonds is 9. The van der Waals surface area contributed by atoms with Gasteiger partial charge in [0.05, 0.1) is 12.2 Å². The van der Waals surface area contributed by atoms with Crippen molar-refractivity contribution in [1.29, 1.82) is 0 Å². The SMILES string of the molecule is O=C(CN(CCCl)CCCl)Nc1ccc(Cl)cc1C(=O)c1ccccc1. The fraction of sp³-hybridized carbons (Fsp3) is 0.263. The minimum atomic E-state index is -0.246. The highest BCUT2D eigenvalue weighted by Gasteiger charge is 2.17. The lowest BCUT2D eigenvalue weighted by Gasteiger charge is -2.20. The van der Waals surface area contributed by atoms with Crippen LogP contribution in [0.15, 0.2) is 48.5 Å². The summed E-state index contributed by atoms with van der Waals surface area (Å²) in [6.45, 7) is 1.25. The van der Waals surface area contributed by atoms with E-state index in [1.807, 2.05) is 11.0 Å². The molecule has 0 saturated heterocycles. The highest BCUT2D eigenvalue weighted by Crippen LogP contribution is 2.23. The summed E-state index contributed by atoms with van der Waals surface area (Å²) in [6.07, 6.45) is 0. The van der Waals surface area contributed by atoms with Crippen molar-refractivity contribution in [3.8, 4) is 0 Å². The molecule has 0 aliphatic heterocycles. The fourth-order valence-corrected chi connectivity index (χ4v) is 3.11. The first-order valence-electron chi connectivity index (χ1n) is 8.08. The number of ketones is 1. The van der Waals surface area contributed by atoms with Crippen LogP contribution < -0.4 is 5.32 Å². The summed E-state index contributed by atoms with van der Waals surface area (Å²) in [7, 11) is 0. The smallest absolute Gasteiger partial charge is 0.238 e. The van der Waals surface area contributed by atoms with E-state index < -0.39 is 0 Å². The number of amides is 1. The van der Waals surface area contributed by atoms with Crippen molar-refractivity contribution in [3.63, 3.8) is 0 Å². The van der Waals surface area contributed by atoms with Gasteiger partial charge in [-0.1, -0.05) is 41.9 Å². The third-order valence-electron chi connectivity index (χ3n) is 3.71. The first-order valence-corrected chi connectivity index (χ1v) is 9.53. The van der Waals surface area contributed by atoms with Gasteiger partial charge in [0.1, 0.15) is 0 Å². The van der Waals surface area contributed by atoms with Crippen LogP contribution in [0.5, 0.6) is 0 Å². The van der Waals surface area contributed by atoms with Crippen LogP contribution in [-0.2, 0) is 4.79 Å². The van der Waals surface area contributed by atoms with Crippen molar-refractivity contribution in [2.75, 3.05) is 36.7 Å². The monoisotopic (exact) mass is 412 g/mol. The highest BCUT2D eigenvalue weighted by atomic mass is 35.5. The van der Waals surface area contributed by atoms with Crippen LogP contribution in [0.25, 0.3) is 0 Å². The molecule has 0 heterocycles. The molecular weight excluding hydrogens is 395 g/mol. The first-order chi connectivity index (χ1) is 12.5. The van der Waals surface area contributed by atoms with Gasteiger partial charge in [0.25, 0.3) is 0 Å². The van der Waals surface area contributed by atoms with Gasteiger partial charge in [0, 0.05) is 41.0 Å². The van der Waals surface area contributed by atoms with E-state index in [9.17, 15) is 9.59 Å². The molecule has 1 amide bonds. The van der Waals surface area contributed by atoms with E-state index in [1.54, 1.807) is 42.5 Å². The number of carbonyl (C=O) groups excluding carboxylic acids is 2. The van der Waals surface area contributed by atoms with E-state index in [0.29, 0.717) is 46.7 Å². The predicted molar refractivity (Wildman–Crippen MR) is 108 cm³/mol. The molecule has 4 nitrogen and oxygen atoms in total. The number of carbonyl (C=O) groups is 2. The average molecular weight is 414 g/mol. The lowest BCUT2D eigenvalue weighted by atomic mass is 10.0. The normalized spacial score (nSPS) is 10.8. The zero-order chi connectivity index (χ0) is 18.9. The minimum absolute atomic E-state index is 0.140. The Morgan fingerprint density at radius 2 is 1.62 bits per heavy atom. The molecule has 2 aromatic carbocycles. The van der Waals surface area contributed by atoms with E-state index in [1.165, 1.54) is 0 Å². The summed E-state index contributed by atoms with van der Waals surface area (Å²) in [4.78, 5) is 27.0. The van der Waals surface area contributed by atoms with Crippen molar-refractivity contribution >= 4 is 52.2 Å². The lowest BCUT2D eigenvalue weighted by Crippen LogP contribution is -2.36. The molecule has 7 heteroatoms. The molecule has 2 aromatic rings. The Labute approximate surface area is 168 Å². The van der Waals surface area contributed by atoms with Gasteiger partial charge >= 0.3 is 0 Å². The fourth-order valence-electron chi connectivity index (χ4n) is 2.46. The summed E-state index contributed by atoms with van der Waals surface area (Å²) >= 11 is 17.6. The Kier molecular flexibility index (Phi) is 8.39. The van der Waals surface area contributed by atoms with E-state index in [2.05, 4.69) is 5.32 Å². The van der Waals surface area contributed by atoms with Crippen molar-refractivity contribution in [2.45, 2.75) is 0 Å². The molecule has 26 heavy (non-hydrogen) atoms. The van der Waals surface area contributed by atoms with Gasteiger partial charge < -0.3 is 5.32 Å². The molecular formula is C19H19Cl3N2O2. The van der Waals surface area contributed by atoms with Gasteiger partial charge in [-0.2, -0.15) is 0 Å². The van der Waals surface area contributed by atoms with Crippen LogP contribution >= 0.6 is 34.8 Å². The predicted octanol–water partition coefficient (Wildman–Crippen LogP) is 4.29. The molecule has 0 aromatic heterocycles. The van der Waals surface area contributed by atoms with Crippen molar-refractivity contribution in [3.05, 3.63) is 64.7 Å². The van der Waals surface area contributed by atoms with Crippen LogP contribution in [0, 0.1) is 0 Å². The van der Waals surface area contributed by atoms with Gasteiger partial charge in [-0.25, -0.2) is 0 Å². The van der Waals surface area contributed by atoms with Gasteiger partial charge in [0.15, 0.2) is 5.78 Å². The molecule has 0 aliphatic rings. The molecule has 0 unspecified atom stereocenters. The molecule has 0 aliphatic carbocycles. The Bertz CT molecular complexity index is 748. The number of halogens is 3. The summed E-state index contributed by atoms with van der Waals surface area (Å²) in [5.74, 6) is 0.359. The van der Waals surface area contributed by atoms with E-state index in [0.717, 1.165) is 0 Å². The lowest BCUT2D eigenvalue weighted by molar-refractivity contribution is -0.117. The minimum Gasteiger partial charge on any atom is -0.324 e. The molecule has 0 fully saturated rings. The third kappa shape index (κ3) is 5.99. The van der Waals surface area contributed by atoms with Crippen LogP contribution in [0.2, 0.25) is 5.02 Å². The van der Waals surface area contributed by atoms with Crippen molar-refractivity contribution in [1.82, 2.24) is 4.90 Å². The van der Waals surface area contributed by atoms with Gasteiger partial charge in [-0.15, -0.1) is 23.2 Å². The Hall–Kier alpha value is -1.59. The quantitative estimate of drug-likeness (QED) is 0.493. The Morgan fingerprint density at radius 1 is 0.962 bits per heavy atom. The van der Waals surface area contributed by atoms with Crippen LogP contribution in [0.3, 0.4) is 0 Å². The van der Waals surface area contributed by atoms with Crippen LogP contribution in [0.1, 0.15) is 15.9 Å². The second-order valence-corrected chi connectivity index (χ2v) is 6.78. The summed E-state index contributed by atoms with van der Waals surface area (Å²) in [6, 6.07) is 13.7. The van der Waals surface area contributed by atoms with Crippen molar-refractivity contribution in [2.24, 2.45) is 0 Å². The van der Waals surface area contributed by atoms with Crippen LogP contribution in [0.4, 0.5) is 5.69 Å². The number of hydrogen-bond acceptors (Lipinski definition) is 3.